The minimum absolute atomic E-state index is 0.0201. The second-order valence-electron chi connectivity index (χ2n) is 7.73. The van der Waals surface area contributed by atoms with Crippen molar-refractivity contribution in [2.75, 3.05) is 5.01 Å². The highest BCUT2D eigenvalue weighted by molar-refractivity contribution is 7.89. The van der Waals surface area contributed by atoms with Crippen LogP contribution in [0, 0.1) is 0 Å². The maximum atomic E-state index is 13.0. The van der Waals surface area contributed by atoms with Gasteiger partial charge in [0.1, 0.15) is 0 Å². The zero-order valence-corrected chi connectivity index (χ0v) is 18.4. The molecule has 0 spiro atoms. The molecule has 0 bridgehead atoms. The third-order valence-electron chi connectivity index (χ3n) is 4.97. The molecule has 1 aliphatic carbocycles. The van der Waals surface area contributed by atoms with Crippen molar-refractivity contribution in [1.29, 1.82) is 0 Å². The number of hydrogen-bond acceptors (Lipinski definition) is 3. The number of amides is 1. The molecular formula is C22H24ClN2O3S. The zero-order valence-electron chi connectivity index (χ0n) is 16.9. The summed E-state index contributed by atoms with van der Waals surface area (Å²) in [6.45, 7) is 7.85. The molecule has 7 heteroatoms. The first kappa shape index (κ1) is 21.6. The summed E-state index contributed by atoms with van der Waals surface area (Å²) in [5.74, 6) is 0.0402. The Morgan fingerprint density at radius 2 is 1.69 bits per heavy atom. The lowest BCUT2D eigenvalue weighted by Crippen LogP contribution is -2.42. The van der Waals surface area contributed by atoms with Crippen LogP contribution in [-0.2, 0) is 21.2 Å². The maximum Gasteiger partial charge on any atom is 0.333 e. The SMILES string of the molecule is CC(C)c1cc(Cl)cc(C(C)C)c1N([C]=O)NS(=O)(=O)c1ccc2c(c1)C=CC2. The van der Waals surface area contributed by atoms with Gasteiger partial charge in [0.05, 0.1) is 10.6 Å². The van der Waals surface area contributed by atoms with Crippen molar-refractivity contribution in [3.8, 4) is 0 Å². The van der Waals surface area contributed by atoms with Gasteiger partial charge in [0.2, 0.25) is 0 Å². The number of hydrazine groups is 1. The number of carbonyl (C=O) groups excluding carboxylic acids is 1. The van der Waals surface area contributed by atoms with Crippen LogP contribution in [0.4, 0.5) is 5.69 Å². The number of rotatable bonds is 7. The van der Waals surface area contributed by atoms with Gasteiger partial charge >= 0.3 is 6.41 Å². The van der Waals surface area contributed by atoms with Crippen molar-refractivity contribution in [3.05, 3.63) is 63.7 Å². The Hall–Kier alpha value is -2.15. The number of allylic oxidation sites excluding steroid dienone is 1. The highest BCUT2D eigenvalue weighted by atomic mass is 35.5. The number of sulfonamides is 1. The molecule has 29 heavy (non-hydrogen) atoms. The Kier molecular flexibility index (Phi) is 6.17. The fraction of sp³-hybridized carbons (Fsp3) is 0.318. The van der Waals surface area contributed by atoms with Crippen molar-refractivity contribution in [3.63, 3.8) is 0 Å². The number of nitrogens with one attached hydrogen (secondary N) is 1. The van der Waals surface area contributed by atoms with Crippen LogP contribution in [-0.4, -0.2) is 14.8 Å². The molecule has 1 N–H and O–H groups in total. The molecule has 5 nitrogen and oxygen atoms in total. The van der Waals surface area contributed by atoms with E-state index in [1.165, 1.54) is 0 Å². The molecule has 0 fully saturated rings. The van der Waals surface area contributed by atoms with E-state index < -0.39 is 10.0 Å². The lowest BCUT2D eigenvalue weighted by molar-refractivity contribution is 0.542. The average molecular weight is 432 g/mol. The van der Waals surface area contributed by atoms with E-state index >= 15 is 0 Å². The van der Waals surface area contributed by atoms with Gasteiger partial charge in [-0.1, -0.05) is 57.5 Å². The number of anilines is 1. The molecule has 1 amide bonds. The van der Waals surface area contributed by atoms with Crippen molar-refractivity contribution in [1.82, 2.24) is 4.83 Å². The standard InChI is InChI=1S/C22H24ClN2O3S/c1-14(2)20-11-18(23)12-21(15(3)4)22(20)25(13-26)24-29(27,28)19-9-8-16-6-5-7-17(16)10-19/h5,7-12,14-15,24H,6H2,1-4H3. The second-order valence-corrected chi connectivity index (χ2v) is 9.83. The molecule has 0 atom stereocenters. The number of fused-ring (bicyclic) bond motifs is 1. The van der Waals surface area contributed by atoms with Crippen LogP contribution < -0.4 is 9.84 Å². The lowest BCUT2D eigenvalue weighted by atomic mass is 9.92. The van der Waals surface area contributed by atoms with Crippen LogP contribution in [0.1, 0.15) is 61.8 Å². The topological polar surface area (TPSA) is 66.5 Å². The van der Waals surface area contributed by atoms with Gasteiger partial charge in [0, 0.05) is 5.02 Å². The molecule has 0 aromatic heterocycles. The summed E-state index contributed by atoms with van der Waals surface area (Å²) >= 11 is 6.28. The second kappa shape index (κ2) is 8.30. The van der Waals surface area contributed by atoms with Crippen molar-refractivity contribution < 1.29 is 13.2 Å². The van der Waals surface area contributed by atoms with E-state index in [2.05, 4.69) is 4.83 Å². The third kappa shape index (κ3) is 4.39. The Morgan fingerprint density at radius 3 is 2.24 bits per heavy atom. The number of nitrogens with zero attached hydrogens (tertiary/aromatic N) is 1. The van der Waals surface area contributed by atoms with Gasteiger partial charge in [-0.3, -0.25) is 4.79 Å². The highest BCUT2D eigenvalue weighted by Gasteiger charge is 2.26. The predicted molar refractivity (Wildman–Crippen MR) is 117 cm³/mol. The van der Waals surface area contributed by atoms with Gasteiger partial charge in [-0.2, -0.15) is 0 Å². The van der Waals surface area contributed by atoms with E-state index in [0.717, 1.165) is 33.7 Å². The Morgan fingerprint density at radius 1 is 1.07 bits per heavy atom. The molecule has 2 aromatic carbocycles. The Balaban J connectivity index is 2.06. The summed E-state index contributed by atoms with van der Waals surface area (Å²) in [6.07, 6.45) is 6.41. The molecular weight excluding hydrogens is 408 g/mol. The van der Waals surface area contributed by atoms with Crippen molar-refractivity contribution in [2.24, 2.45) is 0 Å². The minimum Gasteiger partial charge on any atom is -0.261 e. The fourth-order valence-corrected chi connectivity index (χ4v) is 4.70. The van der Waals surface area contributed by atoms with E-state index in [1.807, 2.05) is 39.8 Å². The van der Waals surface area contributed by atoms with Crippen LogP contribution in [0.15, 0.2) is 41.3 Å². The largest absolute Gasteiger partial charge is 0.333 e. The quantitative estimate of drug-likeness (QED) is 0.499. The molecule has 1 radical (unpaired) electrons. The molecule has 0 saturated carbocycles. The lowest BCUT2D eigenvalue weighted by Gasteiger charge is -2.27. The van der Waals surface area contributed by atoms with E-state index in [1.54, 1.807) is 36.7 Å². The van der Waals surface area contributed by atoms with Crippen LogP contribution >= 0.6 is 11.6 Å². The van der Waals surface area contributed by atoms with E-state index in [0.29, 0.717) is 10.7 Å². The van der Waals surface area contributed by atoms with Gasteiger partial charge in [0.15, 0.2) is 0 Å². The van der Waals surface area contributed by atoms with Crippen LogP contribution in [0.5, 0.6) is 0 Å². The number of benzene rings is 2. The zero-order chi connectivity index (χ0) is 21.3. The summed E-state index contributed by atoms with van der Waals surface area (Å²) in [4.78, 5) is 14.3. The number of hydrogen-bond donors (Lipinski definition) is 1. The first-order chi connectivity index (χ1) is 13.6. The maximum absolute atomic E-state index is 13.0. The van der Waals surface area contributed by atoms with Gasteiger partial charge in [-0.05, 0) is 64.8 Å². The van der Waals surface area contributed by atoms with Gasteiger partial charge in [0.25, 0.3) is 10.0 Å². The van der Waals surface area contributed by atoms with Crippen molar-refractivity contribution >= 4 is 39.8 Å². The molecule has 3 rings (SSSR count). The van der Waals surface area contributed by atoms with Crippen LogP contribution in [0.25, 0.3) is 6.08 Å². The fourth-order valence-electron chi connectivity index (χ4n) is 3.46. The van der Waals surface area contributed by atoms with E-state index in [-0.39, 0.29) is 16.7 Å². The van der Waals surface area contributed by atoms with Crippen LogP contribution in [0.2, 0.25) is 5.02 Å². The van der Waals surface area contributed by atoms with Gasteiger partial charge in [-0.25, -0.2) is 13.4 Å². The summed E-state index contributed by atoms with van der Waals surface area (Å²) < 4.78 is 26.0. The first-order valence-corrected chi connectivity index (χ1v) is 11.3. The van der Waals surface area contributed by atoms with Crippen LogP contribution in [0.3, 0.4) is 0 Å². The average Bonchev–Trinajstić information content (AvgIpc) is 3.13. The minimum atomic E-state index is -3.99. The van der Waals surface area contributed by atoms with Crippen molar-refractivity contribution in [2.45, 2.75) is 50.8 Å². The molecule has 2 aromatic rings. The summed E-state index contributed by atoms with van der Waals surface area (Å²) in [5, 5.41) is 1.47. The Labute approximate surface area is 177 Å². The molecule has 0 aliphatic heterocycles. The number of halogens is 1. The molecule has 1 aliphatic rings. The smallest absolute Gasteiger partial charge is 0.261 e. The van der Waals surface area contributed by atoms with E-state index in [9.17, 15) is 13.2 Å². The normalized spacial score (nSPS) is 13.2. The Bertz CT molecular complexity index is 1050. The first-order valence-electron chi connectivity index (χ1n) is 9.47. The molecule has 0 unspecified atom stereocenters. The third-order valence-corrected chi connectivity index (χ3v) is 6.48. The summed E-state index contributed by atoms with van der Waals surface area (Å²) in [5.41, 5.74) is 3.95. The summed E-state index contributed by atoms with van der Waals surface area (Å²) in [7, 11) is -3.99. The monoisotopic (exact) mass is 431 g/mol. The van der Waals surface area contributed by atoms with Gasteiger partial charge in [-0.15, -0.1) is 4.83 Å². The summed E-state index contributed by atoms with van der Waals surface area (Å²) in [6, 6.07) is 8.46. The van der Waals surface area contributed by atoms with Gasteiger partial charge < -0.3 is 0 Å². The highest BCUT2D eigenvalue weighted by Crippen LogP contribution is 2.37. The molecule has 153 valence electrons. The molecule has 0 saturated heterocycles. The molecule has 0 heterocycles. The van der Waals surface area contributed by atoms with E-state index in [4.69, 9.17) is 11.6 Å². The predicted octanol–water partition coefficient (Wildman–Crippen LogP) is 4.92.